The Morgan fingerprint density at radius 2 is 2.00 bits per heavy atom. The summed E-state index contributed by atoms with van der Waals surface area (Å²) in [5, 5.41) is 25.9. The van der Waals surface area contributed by atoms with E-state index in [1.54, 1.807) is 39.2 Å². The summed E-state index contributed by atoms with van der Waals surface area (Å²) in [4.78, 5) is 28.3. The van der Waals surface area contributed by atoms with E-state index in [2.05, 4.69) is 10.6 Å². The third kappa shape index (κ3) is 5.69. The molecule has 2 aliphatic rings. The fourth-order valence-corrected chi connectivity index (χ4v) is 5.57. The fourth-order valence-electron chi connectivity index (χ4n) is 5.57. The summed E-state index contributed by atoms with van der Waals surface area (Å²) >= 11 is 0. The lowest BCUT2D eigenvalue weighted by atomic mass is 9.85. The first-order valence-corrected chi connectivity index (χ1v) is 13.7. The van der Waals surface area contributed by atoms with E-state index in [1.807, 2.05) is 19.9 Å². The molecule has 2 amide bonds. The Kier molecular flexibility index (Phi) is 8.51. The minimum atomic E-state index is -1.14. The number of aliphatic hydroxyl groups excluding tert-OH is 1. The third-order valence-electron chi connectivity index (χ3n) is 8.17. The standard InChI is InChI=1S/C30H39FN4O5/c1-6-30(7-2)17-24(36)35(28(32)34-30)22(13-14-39-5)18-9-8-10-19(15-18)27(38)33-25-21-16-20(31)11-12-23(21)40-29(3,4)26(25)37/h8-12,15-16,22,25-26,37H,6-7,13-14,17H2,1-5H3,(H2,32,34)(H,33,38)/t22?,25-,26+/m1/s1. The first kappa shape index (κ1) is 29.5. The molecule has 4 N–H and O–H groups in total. The lowest BCUT2D eigenvalue weighted by molar-refractivity contribution is -0.133. The van der Waals surface area contributed by atoms with Crippen molar-refractivity contribution in [1.82, 2.24) is 15.5 Å². The molecular formula is C30H39FN4O5. The van der Waals surface area contributed by atoms with Crippen molar-refractivity contribution in [1.29, 1.82) is 5.41 Å². The number of methoxy groups -OCH3 is 1. The molecule has 2 heterocycles. The van der Waals surface area contributed by atoms with Crippen molar-refractivity contribution >= 4 is 17.8 Å². The zero-order valence-electron chi connectivity index (χ0n) is 23.7. The highest BCUT2D eigenvalue weighted by molar-refractivity contribution is 6.00. The molecule has 2 aromatic carbocycles. The molecule has 0 radical (unpaired) electrons. The first-order valence-electron chi connectivity index (χ1n) is 13.7. The van der Waals surface area contributed by atoms with Crippen LogP contribution in [0.4, 0.5) is 4.39 Å². The average Bonchev–Trinajstić information content (AvgIpc) is 2.92. The van der Waals surface area contributed by atoms with Crippen molar-refractivity contribution in [3.8, 4) is 5.75 Å². The van der Waals surface area contributed by atoms with Crippen molar-refractivity contribution in [2.75, 3.05) is 13.7 Å². The van der Waals surface area contributed by atoms with E-state index in [-0.39, 0.29) is 18.3 Å². The Bertz CT molecular complexity index is 1260. The molecule has 2 aromatic rings. The zero-order chi connectivity index (χ0) is 29.2. The lowest BCUT2D eigenvalue weighted by Crippen LogP contribution is -2.62. The Hall–Kier alpha value is -3.50. The van der Waals surface area contributed by atoms with E-state index in [1.165, 1.54) is 23.1 Å². The number of carbonyl (C=O) groups is 2. The predicted molar refractivity (Wildman–Crippen MR) is 149 cm³/mol. The minimum Gasteiger partial charge on any atom is -0.485 e. The van der Waals surface area contributed by atoms with Gasteiger partial charge in [0.05, 0.1) is 18.5 Å². The third-order valence-corrected chi connectivity index (χ3v) is 8.17. The summed E-state index contributed by atoms with van der Waals surface area (Å²) in [6.45, 7) is 7.75. The SMILES string of the molecule is CCC1(CC)CC(=O)N(C(CCOC)c2cccc(C(=O)N[C@@H]3c4cc(F)ccc4OC(C)(C)[C@H]3O)c2)C(=N)N1. The van der Waals surface area contributed by atoms with Gasteiger partial charge in [-0.25, -0.2) is 4.39 Å². The summed E-state index contributed by atoms with van der Waals surface area (Å²) < 4.78 is 25.3. The quantitative estimate of drug-likeness (QED) is 0.368. The fraction of sp³-hybridized carbons (Fsp3) is 0.500. The molecule has 0 bridgehead atoms. The van der Waals surface area contributed by atoms with Gasteiger partial charge in [0, 0.05) is 30.4 Å². The van der Waals surface area contributed by atoms with Crippen LogP contribution in [0.3, 0.4) is 0 Å². The van der Waals surface area contributed by atoms with Crippen LogP contribution in [0.1, 0.15) is 86.9 Å². The van der Waals surface area contributed by atoms with Crippen LogP contribution in [-0.4, -0.2) is 58.7 Å². The van der Waals surface area contributed by atoms with Gasteiger partial charge in [0.2, 0.25) is 5.91 Å². The number of carbonyl (C=O) groups excluding carboxylic acids is 2. The van der Waals surface area contributed by atoms with Crippen molar-refractivity contribution in [2.45, 2.75) is 82.7 Å². The Balaban J connectivity index is 1.63. The van der Waals surface area contributed by atoms with Crippen LogP contribution in [0.5, 0.6) is 5.75 Å². The van der Waals surface area contributed by atoms with Gasteiger partial charge in [-0.05, 0) is 69.0 Å². The van der Waals surface area contributed by atoms with Gasteiger partial charge in [-0.1, -0.05) is 26.0 Å². The highest BCUT2D eigenvalue weighted by Gasteiger charge is 2.44. The number of halogens is 1. The monoisotopic (exact) mass is 554 g/mol. The molecule has 1 saturated heterocycles. The minimum absolute atomic E-state index is 0.0297. The van der Waals surface area contributed by atoms with Gasteiger partial charge >= 0.3 is 0 Å². The summed E-state index contributed by atoms with van der Waals surface area (Å²) in [6.07, 6.45) is 0.970. The number of fused-ring (bicyclic) bond motifs is 1. The molecule has 10 heteroatoms. The zero-order valence-corrected chi connectivity index (χ0v) is 23.7. The number of hydrogen-bond donors (Lipinski definition) is 4. The Morgan fingerprint density at radius 1 is 1.27 bits per heavy atom. The summed E-state index contributed by atoms with van der Waals surface area (Å²) in [5.74, 6) is -0.718. The number of rotatable bonds is 9. The van der Waals surface area contributed by atoms with E-state index in [9.17, 15) is 19.1 Å². The van der Waals surface area contributed by atoms with Gasteiger partial charge in [-0.3, -0.25) is 19.9 Å². The summed E-state index contributed by atoms with van der Waals surface area (Å²) in [5.41, 5.74) is -0.154. The molecule has 0 aliphatic carbocycles. The molecule has 0 saturated carbocycles. The van der Waals surface area contributed by atoms with Crippen molar-refractivity contribution in [2.24, 2.45) is 0 Å². The maximum Gasteiger partial charge on any atom is 0.251 e. The largest absolute Gasteiger partial charge is 0.485 e. The molecule has 4 rings (SSSR count). The Labute approximate surface area is 234 Å². The van der Waals surface area contributed by atoms with E-state index in [0.29, 0.717) is 48.3 Å². The normalized spacial score (nSPS) is 22.1. The molecule has 1 fully saturated rings. The second-order valence-electron chi connectivity index (χ2n) is 11.1. The second kappa shape index (κ2) is 11.5. The van der Waals surface area contributed by atoms with Gasteiger partial charge in [0.15, 0.2) is 5.96 Å². The topological polar surface area (TPSA) is 124 Å². The molecule has 216 valence electrons. The smallest absolute Gasteiger partial charge is 0.251 e. The van der Waals surface area contributed by atoms with Crippen LogP contribution < -0.4 is 15.4 Å². The van der Waals surface area contributed by atoms with Crippen LogP contribution in [0.2, 0.25) is 0 Å². The number of aliphatic hydroxyl groups is 1. The molecule has 9 nitrogen and oxygen atoms in total. The number of benzene rings is 2. The number of ether oxygens (including phenoxy) is 2. The van der Waals surface area contributed by atoms with Crippen LogP contribution in [-0.2, 0) is 9.53 Å². The van der Waals surface area contributed by atoms with Crippen molar-refractivity contribution in [3.63, 3.8) is 0 Å². The van der Waals surface area contributed by atoms with E-state index in [4.69, 9.17) is 14.9 Å². The molecule has 0 spiro atoms. The van der Waals surface area contributed by atoms with Crippen molar-refractivity contribution < 1.29 is 28.6 Å². The molecule has 2 aliphatic heterocycles. The van der Waals surface area contributed by atoms with E-state index < -0.39 is 41.1 Å². The lowest BCUT2D eigenvalue weighted by Gasteiger charge is -2.45. The van der Waals surface area contributed by atoms with Gasteiger partial charge in [0.25, 0.3) is 5.91 Å². The van der Waals surface area contributed by atoms with Crippen LogP contribution in [0, 0.1) is 11.2 Å². The van der Waals surface area contributed by atoms with Crippen LogP contribution in [0.25, 0.3) is 0 Å². The molecule has 3 atom stereocenters. The number of amides is 2. The number of nitrogens with zero attached hydrogens (tertiary/aromatic N) is 1. The Morgan fingerprint density at radius 3 is 2.65 bits per heavy atom. The number of hydrogen-bond acceptors (Lipinski definition) is 6. The molecule has 0 aromatic heterocycles. The first-order chi connectivity index (χ1) is 18.9. The van der Waals surface area contributed by atoms with Gasteiger partial charge in [-0.2, -0.15) is 0 Å². The maximum atomic E-state index is 14.1. The summed E-state index contributed by atoms with van der Waals surface area (Å²) in [6, 6.07) is 9.42. The molecular weight excluding hydrogens is 515 g/mol. The molecule has 40 heavy (non-hydrogen) atoms. The van der Waals surface area contributed by atoms with Crippen LogP contribution in [0.15, 0.2) is 42.5 Å². The second-order valence-corrected chi connectivity index (χ2v) is 11.1. The van der Waals surface area contributed by atoms with Gasteiger partial charge < -0.3 is 25.2 Å². The highest BCUT2D eigenvalue weighted by atomic mass is 19.1. The number of guanidine groups is 1. The van der Waals surface area contributed by atoms with Crippen molar-refractivity contribution in [3.05, 3.63) is 65.0 Å². The molecule has 1 unspecified atom stereocenters. The van der Waals surface area contributed by atoms with E-state index >= 15 is 0 Å². The predicted octanol–water partition coefficient (Wildman–Crippen LogP) is 4.22. The number of nitrogens with one attached hydrogen (secondary N) is 3. The average molecular weight is 555 g/mol. The maximum absolute atomic E-state index is 14.1. The van der Waals surface area contributed by atoms with E-state index in [0.717, 1.165) is 0 Å². The van der Waals surface area contributed by atoms with Crippen LogP contribution >= 0.6 is 0 Å². The summed E-state index contributed by atoms with van der Waals surface area (Å²) in [7, 11) is 1.57. The van der Waals surface area contributed by atoms with Gasteiger partial charge in [-0.15, -0.1) is 0 Å². The van der Waals surface area contributed by atoms with Gasteiger partial charge in [0.1, 0.15) is 23.3 Å². The highest BCUT2D eigenvalue weighted by Crippen LogP contribution is 2.40.